The van der Waals surface area contributed by atoms with Gasteiger partial charge in [0.1, 0.15) is 5.82 Å². The standard InChI is InChI=1S/C12H12N4O3/c1-2-9-14-10(16-15-9)11(17)13-8-5-3-7(4-6-8)12(18)19/h3-6H,2H2,1H3,(H,13,17)(H,18,19)(H,14,15,16). The number of carbonyl (C=O) groups is 2. The molecule has 19 heavy (non-hydrogen) atoms. The van der Waals surface area contributed by atoms with E-state index in [0.29, 0.717) is 17.9 Å². The van der Waals surface area contributed by atoms with E-state index in [9.17, 15) is 9.59 Å². The van der Waals surface area contributed by atoms with Crippen LogP contribution in [0.1, 0.15) is 33.7 Å². The second-order valence-electron chi connectivity index (χ2n) is 3.80. The molecule has 0 saturated carbocycles. The van der Waals surface area contributed by atoms with Crippen molar-refractivity contribution >= 4 is 17.6 Å². The van der Waals surface area contributed by atoms with E-state index in [2.05, 4.69) is 20.5 Å². The zero-order valence-corrected chi connectivity index (χ0v) is 10.2. The molecule has 0 atom stereocenters. The SMILES string of the molecule is CCc1nc(C(=O)Nc2ccc(C(=O)O)cc2)n[nH]1. The van der Waals surface area contributed by atoms with Crippen LogP contribution in [0.15, 0.2) is 24.3 Å². The monoisotopic (exact) mass is 260 g/mol. The first-order valence-electron chi connectivity index (χ1n) is 5.66. The maximum Gasteiger partial charge on any atom is 0.335 e. The largest absolute Gasteiger partial charge is 0.478 e. The summed E-state index contributed by atoms with van der Waals surface area (Å²) in [4.78, 5) is 26.5. The quantitative estimate of drug-likeness (QED) is 0.768. The second kappa shape index (κ2) is 5.30. The average molecular weight is 260 g/mol. The molecule has 0 spiro atoms. The van der Waals surface area contributed by atoms with Gasteiger partial charge in [-0.05, 0) is 24.3 Å². The van der Waals surface area contributed by atoms with Gasteiger partial charge in [0, 0.05) is 12.1 Å². The molecule has 1 amide bonds. The fourth-order valence-corrected chi connectivity index (χ4v) is 1.44. The zero-order valence-electron chi connectivity index (χ0n) is 10.2. The Morgan fingerprint density at radius 3 is 2.53 bits per heavy atom. The van der Waals surface area contributed by atoms with Crippen molar-refractivity contribution in [1.82, 2.24) is 15.2 Å². The van der Waals surface area contributed by atoms with Crippen LogP contribution in [0.2, 0.25) is 0 Å². The molecule has 98 valence electrons. The molecule has 1 heterocycles. The third-order valence-corrected chi connectivity index (χ3v) is 2.46. The highest BCUT2D eigenvalue weighted by atomic mass is 16.4. The minimum atomic E-state index is -1.01. The molecule has 0 aliphatic carbocycles. The number of carboxylic acids is 1. The maximum atomic E-state index is 11.8. The number of aromatic nitrogens is 3. The molecule has 2 aromatic rings. The number of anilines is 1. The maximum absolute atomic E-state index is 11.8. The molecule has 3 N–H and O–H groups in total. The number of nitrogens with one attached hydrogen (secondary N) is 2. The van der Waals surface area contributed by atoms with Crippen LogP contribution < -0.4 is 5.32 Å². The molecule has 0 radical (unpaired) electrons. The van der Waals surface area contributed by atoms with E-state index in [4.69, 9.17) is 5.11 Å². The Kier molecular flexibility index (Phi) is 3.56. The molecule has 0 saturated heterocycles. The van der Waals surface area contributed by atoms with Crippen molar-refractivity contribution in [3.8, 4) is 0 Å². The summed E-state index contributed by atoms with van der Waals surface area (Å²) >= 11 is 0. The van der Waals surface area contributed by atoms with E-state index >= 15 is 0 Å². The second-order valence-corrected chi connectivity index (χ2v) is 3.80. The van der Waals surface area contributed by atoms with Crippen LogP contribution in [0.5, 0.6) is 0 Å². The number of aromatic amines is 1. The van der Waals surface area contributed by atoms with Gasteiger partial charge in [-0.25, -0.2) is 9.78 Å². The van der Waals surface area contributed by atoms with Gasteiger partial charge in [0.2, 0.25) is 5.82 Å². The van der Waals surface area contributed by atoms with Gasteiger partial charge in [-0.1, -0.05) is 6.92 Å². The van der Waals surface area contributed by atoms with Crippen LogP contribution in [0.4, 0.5) is 5.69 Å². The van der Waals surface area contributed by atoms with Gasteiger partial charge in [-0.15, -0.1) is 5.10 Å². The van der Waals surface area contributed by atoms with Crippen LogP contribution in [-0.4, -0.2) is 32.2 Å². The zero-order chi connectivity index (χ0) is 13.8. The Morgan fingerprint density at radius 2 is 2.00 bits per heavy atom. The van der Waals surface area contributed by atoms with Gasteiger partial charge in [-0.3, -0.25) is 9.89 Å². The summed E-state index contributed by atoms with van der Waals surface area (Å²) in [5.74, 6) is -0.774. The number of aryl methyl sites for hydroxylation is 1. The first-order valence-corrected chi connectivity index (χ1v) is 5.66. The lowest BCUT2D eigenvalue weighted by Crippen LogP contribution is -2.14. The van der Waals surface area contributed by atoms with Crippen molar-refractivity contribution in [2.75, 3.05) is 5.32 Å². The number of rotatable bonds is 4. The normalized spacial score (nSPS) is 10.2. The summed E-state index contributed by atoms with van der Waals surface area (Å²) in [5.41, 5.74) is 0.641. The summed E-state index contributed by atoms with van der Waals surface area (Å²) in [6, 6.07) is 5.84. The number of H-pyrrole nitrogens is 1. The van der Waals surface area contributed by atoms with E-state index in [1.54, 1.807) is 0 Å². The van der Waals surface area contributed by atoms with Crippen LogP contribution in [-0.2, 0) is 6.42 Å². The molecule has 2 rings (SSSR count). The molecule has 7 heteroatoms. The van der Waals surface area contributed by atoms with E-state index in [1.165, 1.54) is 24.3 Å². The summed E-state index contributed by atoms with van der Waals surface area (Å²) in [6.07, 6.45) is 0.660. The molecule has 0 unspecified atom stereocenters. The van der Waals surface area contributed by atoms with E-state index in [0.717, 1.165) is 0 Å². The van der Waals surface area contributed by atoms with Gasteiger partial charge in [-0.2, -0.15) is 0 Å². The fourth-order valence-electron chi connectivity index (χ4n) is 1.44. The van der Waals surface area contributed by atoms with E-state index in [-0.39, 0.29) is 11.4 Å². The molecule has 0 bridgehead atoms. The van der Waals surface area contributed by atoms with Crippen molar-refractivity contribution in [1.29, 1.82) is 0 Å². The number of benzene rings is 1. The first-order chi connectivity index (χ1) is 9.10. The number of aromatic carboxylic acids is 1. The third kappa shape index (κ3) is 2.95. The van der Waals surface area contributed by atoms with Gasteiger partial charge < -0.3 is 10.4 Å². The van der Waals surface area contributed by atoms with Gasteiger partial charge >= 0.3 is 5.97 Å². The topological polar surface area (TPSA) is 108 Å². The Bertz CT molecular complexity index is 604. The van der Waals surface area contributed by atoms with Crippen molar-refractivity contribution in [2.24, 2.45) is 0 Å². The number of amides is 1. The lowest BCUT2D eigenvalue weighted by molar-refractivity contribution is 0.0696. The molecule has 7 nitrogen and oxygen atoms in total. The summed E-state index contributed by atoms with van der Waals surface area (Å²) in [6.45, 7) is 1.90. The van der Waals surface area contributed by atoms with Crippen LogP contribution >= 0.6 is 0 Å². The predicted molar refractivity (Wildman–Crippen MR) is 67.1 cm³/mol. The fraction of sp³-hybridized carbons (Fsp3) is 0.167. The van der Waals surface area contributed by atoms with Gasteiger partial charge in [0.25, 0.3) is 5.91 Å². The van der Waals surface area contributed by atoms with Crippen LogP contribution in [0.25, 0.3) is 0 Å². The number of nitrogens with zero attached hydrogens (tertiary/aromatic N) is 2. The van der Waals surface area contributed by atoms with Gasteiger partial charge in [0.05, 0.1) is 5.56 Å². The molecule has 1 aromatic carbocycles. The smallest absolute Gasteiger partial charge is 0.335 e. The van der Waals surface area contributed by atoms with Gasteiger partial charge in [0.15, 0.2) is 0 Å². The molecule has 0 aliphatic rings. The lowest BCUT2D eigenvalue weighted by Gasteiger charge is -2.02. The Morgan fingerprint density at radius 1 is 1.32 bits per heavy atom. The molecule has 1 aromatic heterocycles. The molecule has 0 fully saturated rings. The Hall–Kier alpha value is -2.70. The Labute approximate surface area is 108 Å². The highest BCUT2D eigenvalue weighted by Crippen LogP contribution is 2.10. The number of hydrogen-bond donors (Lipinski definition) is 3. The minimum Gasteiger partial charge on any atom is -0.478 e. The molecule has 0 aliphatic heterocycles. The van der Waals surface area contributed by atoms with Crippen molar-refractivity contribution in [2.45, 2.75) is 13.3 Å². The summed E-state index contributed by atoms with van der Waals surface area (Å²) in [7, 11) is 0. The minimum absolute atomic E-state index is 0.0548. The summed E-state index contributed by atoms with van der Waals surface area (Å²) < 4.78 is 0. The van der Waals surface area contributed by atoms with Crippen LogP contribution in [0.3, 0.4) is 0 Å². The Balaban J connectivity index is 2.08. The number of hydrogen-bond acceptors (Lipinski definition) is 4. The van der Waals surface area contributed by atoms with E-state index in [1.807, 2.05) is 6.92 Å². The highest BCUT2D eigenvalue weighted by Gasteiger charge is 2.12. The third-order valence-electron chi connectivity index (χ3n) is 2.46. The van der Waals surface area contributed by atoms with Crippen molar-refractivity contribution in [3.05, 3.63) is 41.5 Å². The number of carbonyl (C=O) groups excluding carboxylic acids is 1. The summed E-state index contributed by atoms with van der Waals surface area (Å²) in [5, 5.41) is 17.8. The lowest BCUT2D eigenvalue weighted by atomic mass is 10.2. The van der Waals surface area contributed by atoms with E-state index < -0.39 is 11.9 Å². The molecular weight excluding hydrogens is 248 g/mol. The van der Waals surface area contributed by atoms with Crippen LogP contribution in [0, 0.1) is 0 Å². The highest BCUT2D eigenvalue weighted by molar-refractivity contribution is 6.01. The first kappa shape index (κ1) is 12.7. The average Bonchev–Trinajstić information content (AvgIpc) is 2.88. The van der Waals surface area contributed by atoms with Crippen molar-refractivity contribution in [3.63, 3.8) is 0 Å². The number of carboxylic acid groups (broad SMARTS) is 1. The molecular formula is C12H12N4O3. The predicted octanol–water partition coefficient (Wildman–Crippen LogP) is 1.32. The van der Waals surface area contributed by atoms with Crippen molar-refractivity contribution < 1.29 is 14.7 Å².